The summed E-state index contributed by atoms with van der Waals surface area (Å²) in [5, 5.41) is 0. The lowest BCUT2D eigenvalue weighted by molar-refractivity contribution is 0.0748. The lowest BCUT2D eigenvalue weighted by Gasteiger charge is -2.36. The van der Waals surface area contributed by atoms with Crippen molar-refractivity contribution in [3.63, 3.8) is 0 Å². The molecule has 0 radical (unpaired) electrons. The molecule has 1 amide bonds. The summed E-state index contributed by atoms with van der Waals surface area (Å²) in [4.78, 5) is 25.2. The molecule has 1 fully saturated rings. The number of piperazine rings is 1. The zero-order valence-corrected chi connectivity index (χ0v) is 13.6. The third-order valence-electron chi connectivity index (χ3n) is 4.49. The van der Waals surface area contributed by atoms with E-state index in [1.807, 2.05) is 23.1 Å². The van der Waals surface area contributed by atoms with Crippen LogP contribution in [0.2, 0.25) is 0 Å². The second kappa shape index (κ2) is 6.47. The average molecular weight is 336 g/mol. The number of amides is 1. The predicted octanol–water partition coefficient (Wildman–Crippen LogP) is 2.73. The van der Waals surface area contributed by atoms with Gasteiger partial charge in [-0.15, -0.1) is 0 Å². The Morgan fingerprint density at radius 3 is 2.48 bits per heavy atom. The van der Waals surface area contributed by atoms with Crippen molar-refractivity contribution >= 4 is 22.6 Å². The zero-order chi connectivity index (χ0) is 17.2. The molecule has 1 saturated heterocycles. The first-order chi connectivity index (χ1) is 12.2. The summed E-state index contributed by atoms with van der Waals surface area (Å²) in [6, 6.07) is 12.2. The van der Waals surface area contributed by atoms with Crippen molar-refractivity contribution in [2.45, 2.75) is 0 Å². The van der Waals surface area contributed by atoms with Crippen LogP contribution in [0, 0.1) is 5.82 Å². The monoisotopic (exact) mass is 336 g/mol. The molecular formula is C19H17FN4O. The lowest BCUT2D eigenvalue weighted by Crippen LogP contribution is -2.49. The molecule has 1 aliphatic heterocycles. The van der Waals surface area contributed by atoms with Gasteiger partial charge < -0.3 is 9.80 Å². The smallest absolute Gasteiger partial charge is 0.256 e. The second-order valence-electron chi connectivity index (χ2n) is 5.96. The van der Waals surface area contributed by atoms with Crippen LogP contribution in [0.3, 0.4) is 0 Å². The topological polar surface area (TPSA) is 49.3 Å². The van der Waals surface area contributed by atoms with Crippen molar-refractivity contribution in [3.8, 4) is 0 Å². The van der Waals surface area contributed by atoms with Crippen molar-refractivity contribution in [2.75, 3.05) is 31.1 Å². The van der Waals surface area contributed by atoms with Gasteiger partial charge in [0.1, 0.15) is 11.3 Å². The van der Waals surface area contributed by atoms with Gasteiger partial charge in [-0.3, -0.25) is 14.8 Å². The molecule has 3 aromatic rings. The van der Waals surface area contributed by atoms with Crippen LogP contribution in [-0.4, -0.2) is 47.0 Å². The van der Waals surface area contributed by atoms with E-state index in [-0.39, 0.29) is 11.7 Å². The number of carbonyl (C=O) groups excluding carboxylic acids is 1. The van der Waals surface area contributed by atoms with Crippen LogP contribution in [-0.2, 0) is 0 Å². The van der Waals surface area contributed by atoms with E-state index in [2.05, 4.69) is 9.97 Å². The van der Waals surface area contributed by atoms with Gasteiger partial charge in [0.25, 0.3) is 5.91 Å². The molecule has 0 atom stereocenters. The maximum atomic E-state index is 13.9. The van der Waals surface area contributed by atoms with E-state index < -0.39 is 0 Å². The number of hydrogen-bond donors (Lipinski definition) is 0. The highest BCUT2D eigenvalue weighted by atomic mass is 19.1. The summed E-state index contributed by atoms with van der Waals surface area (Å²) in [5.41, 5.74) is 2.47. The zero-order valence-electron chi connectivity index (χ0n) is 13.6. The van der Waals surface area contributed by atoms with Crippen LogP contribution in [0.5, 0.6) is 0 Å². The number of hydrogen-bond acceptors (Lipinski definition) is 4. The normalized spacial score (nSPS) is 14.8. The molecule has 5 nitrogen and oxygen atoms in total. The fraction of sp³-hybridized carbons (Fsp3) is 0.211. The van der Waals surface area contributed by atoms with E-state index in [4.69, 9.17) is 0 Å². The minimum Gasteiger partial charge on any atom is -0.366 e. The quantitative estimate of drug-likeness (QED) is 0.722. The maximum Gasteiger partial charge on any atom is 0.256 e. The highest BCUT2D eigenvalue weighted by Gasteiger charge is 2.24. The van der Waals surface area contributed by atoms with Crippen LogP contribution >= 0.6 is 0 Å². The summed E-state index contributed by atoms with van der Waals surface area (Å²) in [5.74, 6) is -0.286. The fourth-order valence-electron chi connectivity index (χ4n) is 3.19. The van der Waals surface area contributed by atoms with Crippen molar-refractivity contribution < 1.29 is 9.18 Å². The van der Waals surface area contributed by atoms with Crippen LogP contribution in [0.25, 0.3) is 11.0 Å². The van der Waals surface area contributed by atoms with E-state index in [0.29, 0.717) is 48.5 Å². The Labute approximate surface area is 144 Å². The Kier molecular flexibility index (Phi) is 4.01. The van der Waals surface area contributed by atoms with E-state index >= 15 is 0 Å². The third kappa shape index (κ3) is 2.91. The van der Waals surface area contributed by atoms with Crippen LogP contribution in [0.4, 0.5) is 10.1 Å². The Balaban J connectivity index is 1.52. The SMILES string of the molecule is O=C(c1cccc2nccnc12)N1CCN(c2ccccc2F)CC1. The largest absolute Gasteiger partial charge is 0.366 e. The first-order valence-corrected chi connectivity index (χ1v) is 8.22. The van der Waals surface area contributed by atoms with Crippen molar-refractivity contribution in [1.29, 1.82) is 0 Å². The highest BCUT2D eigenvalue weighted by molar-refractivity contribution is 6.04. The fourth-order valence-corrected chi connectivity index (χ4v) is 3.19. The molecule has 2 aromatic carbocycles. The minimum absolute atomic E-state index is 0.0562. The first kappa shape index (κ1) is 15.5. The molecule has 0 N–H and O–H groups in total. The van der Waals surface area contributed by atoms with Gasteiger partial charge in [-0.2, -0.15) is 0 Å². The summed E-state index contributed by atoms with van der Waals surface area (Å²) in [7, 11) is 0. The van der Waals surface area contributed by atoms with Gasteiger partial charge in [0.15, 0.2) is 0 Å². The Bertz CT molecular complexity index is 917. The number of nitrogens with zero attached hydrogens (tertiary/aromatic N) is 4. The number of benzene rings is 2. The van der Waals surface area contributed by atoms with Crippen molar-refractivity contribution in [2.24, 2.45) is 0 Å². The average Bonchev–Trinajstić information content (AvgIpc) is 2.67. The molecule has 126 valence electrons. The molecule has 0 saturated carbocycles. The molecule has 6 heteroatoms. The van der Waals surface area contributed by atoms with Gasteiger partial charge in [0.05, 0.1) is 16.8 Å². The van der Waals surface area contributed by atoms with E-state index in [1.165, 1.54) is 6.07 Å². The van der Waals surface area contributed by atoms with Gasteiger partial charge in [-0.05, 0) is 24.3 Å². The van der Waals surface area contributed by atoms with E-state index in [1.54, 1.807) is 35.5 Å². The number of aromatic nitrogens is 2. The minimum atomic E-state index is -0.230. The van der Waals surface area contributed by atoms with Gasteiger partial charge >= 0.3 is 0 Å². The molecule has 0 bridgehead atoms. The molecule has 1 aromatic heterocycles. The van der Waals surface area contributed by atoms with E-state index in [0.717, 1.165) is 0 Å². The second-order valence-corrected chi connectivity index (χ2v) is 5.96. The van der Waals surface area contributed by atoms with Crippen LogP contribution in [0.1, 0.15) is 10.4 Å². The number of halogens is 1. The number of para-hydroxylation sites is 2. The highest BCUT2D eigenvalue weighted by Crippen LogP contribution is 2.22. The maximum absolute atomic E-state index is 13.9. The predicted molar refractivity (Wildman–Crippen MR) is 94.1 cm³/mol. The summed E-state index contributed by atoms with van der Waals surface area (Å²) >= 11 is 0. The molecular weight excluding hydrogens is 319 g/mol. The van der Waals surface area contributed by atoms with E-state index in [9.17, 15) is 9.18 Å². The van der Waals surface area contributed by atoms with Crippen LogP contribution < -0.4 is 4.90 Å². The van der Waals surface area contributed by atoms with Gasteiger partial charge in [-0.25, -0.2) is 4.39 Å². The number of fused-ring (bicyclic) bond motifs is 1. The molecule has 0 unspecified atom stereocenters. The molecule has 4 rings (SSSR count). The number of anilines is 1. The third-order valence-corrected chi connectivity index (χ3v) is 4.49. The number of rotatable bonds is 2. The number of carbonyl (C=O) groups is 1. The van der Waals surface area contributed by atoms with Crippen molar-refractivity contribution in [3.05, 3.63) is 66.2 Å². The summed E-state index contributed by atoms with van der Waals surface area (Å²) < 4.78 is 13.9. The molecule has 25 heavy (non-hydrogen) atoms. The summed E-state index contributed by atoms with van der Waals surface area (Å²) in [6.07, 6.45) is 3.21. The Morgan fingerprint density at radius 2 is 1.68 bits per heavy atom. The van der Waals surface area contributed by atoms with Gasteiger partial charge in [0, 0.05) is 38.6 Å². The lowest BCUT2D eigenvalue weighted by atomic mass is 10.1. The summed E-state index contributed by atoms with van der Waals surface area (Å²) in [6.45, 7) is 2.29. The Morgan fingerprint density at radius 1 is 0.920 bits per heavy atom. The van der Waals surface area contributed by atoms with Crippen LogP contribution in [0.15, 0.2) is 54.9 Å². The molecule has 0 spiro atoms. The standard InChI is InChI=1S/C19H17FN4O/c20-15-5-1-2-7-17(15)23-10-12-24(13-11-23)19(25)14-4-3-6-16-18(14)22-9-8-21-16/h1-9H,10-13H2. The molecule has 2 heterocycles. The van der Waals surface area contributed by atoms with Crippen molar-refractivity contribution in [1.82, 2.24) is 14.9 Å². The molecule has 0 aliphatic carbocycles. The first-order valence-electron chi connectivity index (χ1n) is 8.22. The Hall–Kier alpha value is -3.02. The van der Waals surface area contributed by atoms with Gasteiger partial charge in [0.2, 0.25) is 0 Å². The van der Waals surface area contributed by atoms with Gasteiger partial charge in [-0.1, -0.05) is 18.2 Å². The molecule has 1 aliphatic rings.